The van der Waals surface area contributed by atoms with E-state index >= 15 is 0 Å². The van der Waals surface area contributed by atoms with Crippen molar-refractivity contribution in [2.45, 2.75) is 38.0 Å². The second-order valence-electron chi connectivity index (χ2n) is 4.65. The van der Waals surface area contributed by atoms with Crippen LogP contribution in [0, 0.1) is 12.7 Å². The summed E-state index contributed by atoms with van der Waals surface area (Å²) in [5.74, 6) is -0.151. The van der Waals surface area contributed by atoms with Gasteiger partial charge in [0.25, 0.3) is 0 Å². The molecule has 0 aromatic heterocycles. The molecule has 1 fully saturated rings. The van der Waals surface area contributed by atoms with E-state index in [0.29, 0.717) is 6.54 Å². The Labute approximate surface area is 90.5 Å². The summed E-state index contributed by atoms with van der Waals surface area (Å²) in [6, 6.07) is 5.09. The average Bonchev–Trinajstić information content (AvgIpc) is 2.67. The van der Waals surface area contributed by atoms with Gasteiger partial charge >= 0.3 is 0 Å². The predicted molar refractivity (Wildman–Crippen MR) is 60.3 cm³/mol. The first kappa shape index (κ1) is 10.6. The molecule has 1 nitrogen and oxygen atoms in total. The first-order valence-electron chi connectivity index (χ1n) is 5.65. The van der Waals surface area contributed by atoms with Crippen molar-refractivity contribution in [2.24, 2.45) is 5.73 Å². The van der Waals surface area contributed by atoms with Gasteiger partial charge in [0.1, 0.15) is 5.82 Å². The fourth-order valence-electron chi connectivity index (χ4n) is 2.86. The molecule has 82 valence electrons. The van der Waals surface area contributed by atoms with E-state index in [4.69, 9.17) is 5.73 Å². The molecule has 0 bridgehead atoms. The third-order valence-corrected chi connectivity index (χ3v) is 3.71. The Morgan fingerprint density at radius 1 is 1.33 bits per heavy atom. The van der Waals surface area contributed by atoms with E-state index in [1.54, 1.807) is 12.1 Å². The predicted octanol–water partition coefficient (Wildman–Crippen LogP) is 2.90. The van der Waals surface area contributed by atoms with Gasteiger partial charge in [-0.15, -0.1) is 0 Å². The first-order chi connectivity index (χ1) is 7.18. The smallest absolute Gasteiger partial charge is 0.123 e. The molecule has 1 aliphatic rings. The van der Waals surface area contributed by atoms with E-state index in [1.807, 2.05) is 13.0 Å². The van der Waals surface area contributed by atoms with Crippen LogP contribution in [0.15, 0.2) is 18.2 Å². The van der Waals surface area contributed by atoms with E-state index < -0.39 is 0 Å². The van der Waals surface area contributed by atoms with Crippen LogP contribution in [0.4, 0.5) is 4.39 Å². The largest absolute Gasteiger partial charge is 0.330 e. The van der Waals surface area contributed by atoms with Gasteiger partial charge in [0.05, 0.1) is 0 Å². The average molecular weight is 207 g/mol. The van der Waals surface area contributed by atoms with Crippen molar-refractivity contribution in [3.8, 4) is 0 Å². The minimum absolute atomic E-state index is 0.123. The van der Waals surface area contributed by atoms with Crippen LogP contribution in [0.2, 0.25) is 0 Å². The number of halogens is 1. The highest BCUT2D eigenvalue weighted by Crippen LogP contribution is 2.41. The maximum atomic E-state index is 13.0. The van der Waals surface area contributed by atoms with Gasteiger partial charge in [-0.1, -0.05) is 18.9 Å². The summed E-state index contributed by atoms with van der Waals surface area (Å²) < 4.78 is 13.0. The van der Waals surface area contributed by atoms with Crippen molar-refractivity contribution < 1.29 is 4.39 Å². The number of benzene rings is 1. The quantitative estimate of drug-likeness (QED) is 0.792. The van der Waals surface area contributed by atoms with E-state index in [9.17, 15) is 4.39 Å². The fourth-order valence-corrected chi connectivity index (χ4v) is 2.86. The number of hydrogen-bond donors (Lipinski definition) is 1. The summed E-state index contributed by atoms with van der Waals surface area (Å²) in [5, 5.41) is 0. The van der Waals surface area contributed by atoms with Crippen molar-refractivity contribution in [3.63, 3.8) is 0 Å². The third-order valence-electron chi connectivity index (χ3n) is 3.71. The second-order valence-corrected chi connectivity index (χ2v) is 4.65. The Kier molecular flexibility index (Phi) is 2.79. The van der Waals surface area contributed by atoms with Gasteiger partial charge in [-0.25, -0.2) is 4.39 Å². The monoisotopic (exact) mass is 207 g/mol. The molecule has 1 aliphatic carbocycles. The number of nitrogens with two attached hydrogens (primary N) is 1. The van der Waals surface area contributed by atoms with Crippen LogP contribution in [0.5, 0.6) is 0 Å². The van der Waals surface area contributed by atoms with Crippen molar-refractivity contribution in [3.05, 3.63) is 35.1 Å². The fraction of sp³-hybridized carbons (Fsp3) is 0.538. The summed E-state index contributed by atoms with van der Waals surface area (Å²) in [4.78, 5) is 0. The lowest BCUT2D eigenvalue weighted by Crippen LogP contribution is -2.32. The van der Waals surface area contributed by atoms with Gasteiger partial charge in [0.15, 0.2) is 0 Å². The van der Waals surface area contributed by atoms with Crippen LogP contribution in [0.1, 0.15) is 36.8 Å². The molecule has 0 atom stereocenters. The number of aryl methyl sites for hydroxylation is 1. The Morgan fingerprint density at radius 3 is 2.53 bits per heavy atom. The molecule has 0 aliphatic heterocycles. The van der Waals surface area contributed by atoms with Crippen molar-refractivity contribution >= 4 is 0 Å². The van der Waals surface area contributed by atoms with Gasteiger partial charge in [-0.3, -0.25) is 0 Å². The lowest BCUT2D eigenvalue weighted by molar-refractivity contribution is 0.449. The highest BCUT2D eigenvalue weighted by Gasteiger charge is 2.35. The minimum atomic E-state index is -0.151. The molecule has 0 heterocycles. The third kappa shape index (κ3) is 1.78. The molecule has 2 N–H and O–H groups in total. The lowest BCUT2D eigenvalue weighted by Gasteiger charge is -2.29. The van der Waals surface area contributed by atoms with Gasteiger partial charge in [0, 0.05) is 12.0 Å². The molecule has 2 rings (SSSR count). The molecule has 0 radical (unpaired) electrons. The van der Waals surface area contributed by atoms with Crippen LogP contribution < -0.4 is 5.73 Å². The van der Waals surface area contributed by atoms with Crippen molar-refractivity contribution in [1.29, 1.82) is 0 Å². The Hall–Kier alpha value is -0.890. The normalized spacial score (nSPS) is 19.4. The first-order valence-corrected chi connectivity index (χ1v) is 5.65. The number of rotatable bonds is 2. The molecular weight excluding hydrogens is 189 g/mol. The summed E-state index contributed by atoms with van der Waals surface area (Å²) in [7, 11) is 0. The zero-order valence-electron chi connectivity index (χ0n) is 9.22. The molecule has 15 heavy (non-hydrogen) atoms. The minimum Gasteiger partial charge on any atom is -0.330 e. The van der Waals surface area contributed by atoms with Gasteiger partial charge in [-0.2, -0.15) is 0 Å². The van der Waals surface area contributed by atoms with Crippen molar-refractivity contribution in [1.82, 2.24) is 0 Å². The van der Waals surface area contributed by atoms with Crippen LogP contribution in [0.3, 0.4) is 0 Å². The SMILES string of the molecule is Cc1cc(F)ccc1C1(CN)CCCC1. The van der Waals surface area contributed by atoms with Crippen LogP contribution in [-0.2, 0) is 5.41 Å². The molecule has 0 amide bonds. The molecule has 1 saturated carbocycles. The summed E-state index contributed by atoms with van der Waals surface area (Å²) in [5.41, 5.74) is 8.33. The van der Waals surface area contributed by atoms with E-state index in [0.717, 1.165) is 18.4 Å². The second kappa shape index (κ2) is 3.93. The van der Waals surface area contributed by atoms with Gasteiger partial charge in [0.2, 0.25) is 0 Å². The number of hydrogen-bond acceptors (Lipinski definition) is 1. The molecule has 0 unspecified atom stereocenters. The summed E-state index contributed by atoms with van der Waals surface area (Å²) >= 11 is 0. The van der Waals surface area contributed by atoms with Gasteiger partial charge in [-0.05, 0) is 43.0 Å². The van der Waals surface area contributed by atoms with E-state index in [-0.39, 0.29) is 11.2 Å². The highest BCUT2D eigenvalue weighted by molar-refractivity contribution is 5.35. The topological polar surface area (TPSA) is 26.0 Å². The summed E-state index contributed by atoms with van der Waals surface area (Å²) in [6.45, 7) is 2.66. The maximum absolute atomic E-state index is 13.0. The molecule has 0 spiro atoms. The standard InChI is InChI=1S/C13H18FN/c1-10-8-11(14)4-5-12(10)13(9-15)6-2-3-7-13/h4-5,8H,2-3,6-7,9,15H2,1H3. The molecular formula is C13H18FN. The zero-order valence-corrected chi connectivity index (χ0v) is 9.22. The van der Waals surface area contributed by atoms with Gasteiger partial charge < -0.3 is 5.73 Å². The van der Waals surface area contributed by atoms with Crippen LogP contribution in [-0.4, -0.2) is 6.54 Å². The van der Waals surface area contributed by atoms with Crippen LogP contribution in [0.25, 0.3) is 0 Å². The molecule has 1 aromatic carbocycles. The molecule has 1 aromatic rings. The Bertz CT molecular complexity index is 354. The molecule has 2 heteroatoms. The highest BCUT2D eigenvalue weighted by atomic mass is 19.1. The van der Waals surface area contributed by atoms with E-state index in [2.05, 4.69) is 0 Å². The summed E-state index contributed by atoms with van der Waals surface area (Å²) in [6.07, 6.45) is 4.79. The van der Waals surface area contributed by atoms with E-state index in [1.165, 1.54) is 18.4 Å². The Morgan fingerprint density at radius 2 is 2.00 bits per heavy atom. The Balaban J connectivity index is 2.42. The van der Waals surface area contributed by atoms with Crippen molar-refractivity contribution in [2.75, 3.05) is 6.54 Å². The lowest BCUT2D eigenvalue weighted by atomic mass is 9.77. The molecule has 0 saturated heterocycles. The maximum Gasteiger partial charge on any atom is 0.123 e. The van der Waals surface area contributed by atoms with Crippen LogP contribution >= 0.6 is 0 Å². The zero-order chi connectivity index (χ0) is 10.9.